The first-order valence-electron chi connectivity index (χ1n) is 10.1. The summed E-state index contributed by atoms with van der Waals surface area (Å²) in [6.07, 6.45) is 0.185. The summed E-state index contributed by atoms with van der Waals surface area (Å²) in [6.45, 7) is 0.163. The molecule has 0 N–H and O–H groups in total. The van der Waals surface area contributed by atoms with Crippen molar-refractivity contribution in [2.24, 2.45) is 0 Å². The molecule has 4 rings (SSSR count). The van der Waals surface area contributed by atoms with Crippen LogP contribution >= 0.6 is 11.6 Å². The van der Waals surface area contributed by atoms with E-state index in [0.717, 1.165) is 16.7 Å². The highest BCUT2D eigenvalue weighted by molar-refractivity contribution is 6.30. The number of hydrogen-bond acceptors (Lipinski definition) is 3. The lowest BCUT2D eigenvalue weighted by Crippen LogP contribution is -2.36. The van der Waals surface area contributed by atoms with Crippen molar-refractivity contribution in [3.63, 3.8) is 0 Å². The molecular weight excluding hydrogens is 410 g/mol. The molecule has 0 saturated heterocycles. The Morgan fingerprint density at radius 3 is 2.23 bits per heavy atom. The molecular formula is C26H22ClNO3. The van der Waals surface area contributed by atoms with Crippen LogP contribution < -0.4 is 0 Å². The van der Waals surface area contributed by atoms with E-state index in [1.165, 1.54) is 0 Å². The SMILES string of the molecule is CN1C(=O)CC(c2ccc(Cl)cc2)C(C(=O)OCc2ccccc2)=C1c1ccccc1. The van der Waals surface area contributed by atoms with E-state index in [4.69, 9.17) is 16.3 Å². The zero-order chi connectivity index (χ0) is 21.8. The molecule has 0 saturated carbocycles. The van der Waals surface area contributed by atoms with E-state index in [-0.39, 0.29) is 18.9 Å². The third kappa shape index (κ3) is 4.54. The smallest absolute Gasteiger partial charge is 0.337 e. The Balaban J connectivity index is 1.80. The van der Waals surface area contributed by atoms with Crippen LogP contribution in [0.1, 0.15) is 29.0 Å². The topological polar surface area (TPSA) is 46.6 Å². The lowest BCUT2D eigenvalue weighted by molar-refractivity contribution is -0.141. The number of amides is 1. The molecule has 4 nitrogen and oxygen atoms in total. The van der Waals surface area contributed by atoms with Crippen molar-refractivity contribution >= 4 is 29.2 Å². The largest absolute Gasteiger partial charge is 0.457 e. The maximum absolute atomic E-state index is 13.4. The molecule has 1 amide bonds. The number of hydrogen-bond donors (Lipinski definition) is 0. The maximum Gasteiger partial charge on any atom is 0.337 e. The number of halogens is 1. The molecule has 0 fully saturated rings. The molecule has 1 aliphatic rings. The Kier molecular flexibility index (Phi) is 6.19. The minimum atomic E-state index is -0.429. The quantitative estimate of drug-likeness (QED) is 0.505. The van der Waals surface area contributed by atoms with Crippen LogP contribution in [0, 0.1) is 0 Å². The van der Waals surface area contributed by atoms with E-state index < -0.39 is 11.9 Å². The molecule has 0 aliphatic carbocycles. The van der Waals surface area contributed by atoms with Gasteiger partial charge in [0, 0.05) is 24.4 Å². The van der Waals surface area contributed by atoms with E-state index in [1.807, 2.05) is 72.8 Å². The standard InChI is InChI=1S/C26H22ClNO3/c1-28-23(29)16-22(19-12-14-21(27)15-13-19)24(25(28)20-10-6-3-7-11-20)26(30)31-17-18-8-4-2-5-9-18/h2-15,22H,16-17H2,1H3. The van der Waals surface area contributed by atoms with Crippen LogP contribution in [0.3, 0.4) is 0 Å². The zero-order valence-electron chi connectivity index (χ0n) is 17.1. The minimum Gasteiger partial charge on any atom is -0.457 e. The van der Waals surface area contributed by atoms with Crippen molar-refractivity contribution in [1.82, 2.24) is 4.90 Å². The van der Waals surface area contributed by atoms with Gasteiger partial charge in [0.05, 0.1) is 11.3 Å². The van der Waals surface area contributed by atoms with Crippen molar-refractivity contribution < 1.29 is 14.3 Å². The second kappa shape index (κ2) is 9.19. The Bertz CT molecular complexity index is 1110. The number of ether oxygens (including phenoxy) is 1. The summed E-state index contributed by atoms with van der Waals surface area (Å²) in [4.78, 5) is 27.9. The van der Waals surface area contributed by atoms with E-state index >= 15 is 0 Å². The maximum atomic E-state index is 13.4. The Morgan fingerprint density at radius 1 is 0.968 bits per heavy atom. The van der Waals surface area contributed by atoms with Gasteiger partial charge in [0.25, 0.3) is 0 Å². The van der Waals surface area contributed by atoms with Gasteiger partial charge >= 0.3 is 5.97 Å². The monoisotopic (exact) mass is 431 g/mol. The molecule has 0 bridgehead atoms. The summed E-state index contributed by atoms with van der Waals surface area (Å²) in [7, 11) is 1.70. The Morgan fingerprint density at radius 2 is 1.58 bits per heavy atom. The van der Waals surface area contributed by atoms with E-state index in [0.29, 0.717) is 16.3 Å². The van der Waals surface area contributed by atoms with Crippen molar-refractivity contribution in [2.45, 2.75) is 18.9 Å². The number of carbonyl (C=O) groups is 2. The number of benzene rings is 3. The predicted molar refractivity (Wildman–Crippen MR) is 121 cm³/mol. The van der Waals surface area contributed by atoms with Gasteiger partial charge in [-0.1, -0.05) is 84.4 Å². The zero-order valence-corrected chi connectivity index (χ0v) is 17.9. The molecule has 0 aromatic heterocycles. The summed E-state index contributed by atoms with van der Waals surface area (Å²) in [6, 6.07) is 26.3. The Labute approximate surface area is 186 Å². The van der Waals surface area contributed by atoms with Gasteiger partial charge in [-0.05, 0) is 28.8 Å². The third-order valence-corrected chi connectivity index (χ3v) is 5.70. The van der Waals surface area contributed by atoms with Gasteiger partial charge in [0.15, 0.2) is 0 Å². The first-order chi connectivity index (χ1) is 15.0. The second-order valence-electron chi connectivity index (χ2n) is 7.45. The fraction of sp³-hybridized carbons (Fsp3) is 0.154. The molecule has 1 heterocycles. The highest BCUT2D eigenvalue weighted by Gasteiger charge is 2.37. The fourth-order valence-electron chi connectivity index (χ4n) is 3.85. The summed E-state index contributed by atoms with van der Waals surface area (Å²) in [5.74, 6) is -0.903. The lowest BCUT2D eigenvalue weighted by atomic mass is 9.82. The summed E-state index contributed by atoms with van der Waals surface area (Å²) in [5, 5.41) is 0.600. The van der Waals surface area contributed by atoms with Crippen LogP contribution in [0.15, 0.2) is 90.5 Å². The molecule has 1 unspecified atom stereocenters. The molecule has 5 heteroatoms. The van der Waals surface area contributed by atoms with Gasteiger partial charge in [-0.15, -0.1) is 0 Å². The van der Waals surface area contributed by atoms with Crippen molar-refractivity contribution in [2.75, 3.05) is 7.05 Å². The van der Waals surface area contributed by atoms with Crippen molar-refractivity contribution in [3.05, 3.63) is 112 Å². The average Bonchev–Trinajstić information content (AvgIpc) is 2.80. The van der Waals surface area contributed by atoms with Crippen LogP contribution in [0.25, 0.3) is 5.70 Å². The number of carbonyl (C=O) groups excluding carboxylic acids is 2. The predicted octanol–water partition coefficient (Wildman–Crippen LogP) is 5.44. The van der Waals surface area contributed by atoms with E-state index in [1.54, 1.807) is 24.1 Å². The molecule has 0 spiro atoms. The highest BCUT2D eigenvalue weighted by Crippen LogP contribution is 2.40. The molecule has 31 heavy (non-hydrogen) atoms. The fourth-order valence-corrected chi connectivity index (χ4v) is 3.97. The summed E-state index contributed by atoms with van der Waals surface area (Å²) in [5.41, 5.74) is 3.61. The minimum absolute atomic E-state index is 0.0570. The first-order valence-corrected chi connectivity index (χ1v) is 10.4. The van der Waals surface area contributed by atoms with Gasteiger partial charge in [0.1, 0.15) is 6.61 Å². The second-order valence-corrected chi connectivity index (χ2v) is 7.89. The highest BCUT2D eigenvalue weighted by atomic mass is 35.5. The molecule has 0 radical (unpaired) electrons. The van der Waals surface area contributed by atoms with Crippen LogP contribution in [-0.4, -0.2) is 23.8 Å². The normalized spacial score (nSPS) is 16.4. The molecule has 1 atom stereocenters. The first kappa shape index (κ1) is 20.9. The van der Waals surface area contributed by atoms with Crippen LogP contribution in [0.2, 0.25) is 5.02 Å². The van der Waals surface area contributed by atoms with Gasteiger partial charge < -0.3 is 9.64 Å². The van der Waals surface area contributed by atoms with E-state index in [9.17, 15) is 9.59 Å². The average molecular weight is 432 g/mol. The van der Waals surface area contributed by atoms with Crippen molar-refractivity contribution in [1.29, 1.82) is 0 Å². The Hall–Kier alpha value is -3.37. The molecule has 1 aliphatic heterocycles. The van der Waals surface area contributed by atoms with Crippen LogP contribution in [0.5, 0.6) is 0 Å². The van der Waals surface area contributed by atoms with Gasteiger partial charge in [-0.2, -0.15) is 0 Å². The van der Waals surface area contributed by atoms with Gasteiger partial charge in [0.2, 0.25) is 5.91 Å². The number of nitrogens with zero attached hydrogens (tertiary/aromatic N) is 1. The molecule has 3 aromatic carbocycles. The van der Waals surface area contributed by atoms with Crippen molar-refractivity contribution in [3.8, 4) is 0 Å². The van der Waals surface area contributed by atoms with Crippen LogP contribution in [0.4, 0.5) is 0 Å². The third-order valence-electron chi connectivity index (χ3n) is 5.44. The van der Waals surface area contributed by atoms with E-state index in [2.05, 4.69) is 0 Å². The number of esters is 1. The summed E-state index contributed by atoms with van der Waals surface area (Å²) >= 11 is 6.06. The molecule has 156 valence electrons. The number of rotatable bonds is 5. The van der Waals surface area contributed by atoms with Gasteiger partial charge in [-0.3, -0.25) is 4.79 Å². The van der Waals surface area contributed by atoms with Gasteiger partial charge in [-0.25, -0.2) is 4.79 Å². The summed E-state index contributed by atoms with van der Waals surface area (Å²) < 4.78 is 5.72. The lowest BCUT2D eigenvalue weighted by Gasteiger charge is -2.34. The molecule has 3 aromatic rings. The van der Waals surface area contributed by atoms with Crippen LogP contribution in [-0.2, 0) is 20.9 Å².